The molecule has 2 aliphatic heterocycles. The molecule has 0 bridgehead atoms. The molecule has 0 aliphatic carbocycles. The van der Waals surface area contributed by atoms with E-state index in [0.29, 0.717) is 68.5 Å². The number of hydrogen-bond acceptors (Lipinski definition) is 11. The second kappa shape index (κ2) is 31.2. The zero-order chi connectivity index (χ0) is 59.3. The Balaban J connectivity index is 1.12. The highest BCUT2D eigenvalue weighted by Gasteiger charge is 2.45. The fourth-order valence-electron chi connectivity index (χ4n) is 10.2. The van der Waals surface area contributed by atoms with E-state index >= 15 is 0 Å². The molecular weight excluding hydrogens is 1060 g/mol. The quantitative estimate of drug-likeness (QED) is 0.0528. The van der Waals surface area contributed by atoms with Crippen molar-refractivity contribution >= 4 is 35.4 Å². The molecule has 2 fully saturated rings. The Morgan fingerprint density at radius 1 is 0.671 bits per heavy atom. The number of nitrogens with one attached hydrogen (secondary N) is 4. The number of ether oxygens (including phenoxy) is 2. The van der Waals surface area contributed by atoms with E-state index in [1.807, 2.05) is 54.6 Å². The molecule has 2 heterocycles. The molecule has 6 N–H and O–H groups in total. The third-order valence-corrected chi connectivity index (χ3v) is 15.3. The summed E-state index contributed by atoms with van der Waals surface area (Å²) in [5.41, 5.74) is 10.6. The lowest BCUT2D eigenvalue weighted by Crippen LogP contribution is -2.59. The van der Waals surface area contributed by atoms with Gasteiger partial charge in [0.1, 0.15) is 24.4 Å². The minimum absolute atomic E-state index is 0.0586. The molecule has 8 atom stereocenters. The fraction of sp³-hybridized carbons (Fsp3) is 0.484. The first-order valence-corrected chi connectivity index (χ1v) is 28.2. The standard InChI is InChI=1S/C62H80F3N9O8/c1-42(67-4)56(75)69-54(59(78)73-33-13-22-51(73)41-72(61(80)62(63,64)65)36-32-46-18-11-8-12-19-46)39-49-25-23-47(24-26-49)20-15-37-82-44(3)55(70-57(76)43(2)68-5)60(79)74-34-14-21-50(74)40-71(35-31-45-16-9-7-10-17-45)58(77)53(66)38-48-27-29-52(81-6)30-28-48/h7-12,16-19,23-30,42-44,50-51,53-55,67-68H,13-14,21-22,31-41,66H2,1-6H3,(H,69,75)(H,70,76)/t42-,43-,44+,50-,51-,53+,54-,55-/m0/s1. The number of nitrogens with two attached hydrogens (primary N) is 1. The predicted molar refractivity (Wildman–Crippen MR) is 307 cm³/mol. The summed E-state index contributed by atoms with van der Waals surface area (Å²) >= 11 is 0. The molecule has 6 rings (SSSR count). The number of carbonyl (C=O) groups excluding carboxylic acids is 6. The molecule has 442 valence electrons. The van der Waals surface area contributed by atoms with Gasteiger partial charge in [0.15, 0.2) is 0 Å². The number of likely N-dealkylation sites (N-methyl/N-ethyl adjacent to an activating group) is 2. The molecule has 20 heteroatoms. The minimum atomic E-state index is -5.10. The van der Waals surface area contributed by atoms with E-state index in [2.05, 4.69) is 33.1 Å². The molecular formula is C62H80F3N9O8. The summed E-state index contributed by atoms with van der Waals surface area (Å²) in [5.74, 6) is 2.89. The number of benzene rings is 4. The van der Waals surface area contributed by atoms with Gasteiger partial charge in [-0.2, -0.15) is 13.2 Å². The van der Waals surface area contributed by atoms with E-state index < -0.39 is 72.2 Å². The van der Waals surface area contributed by atoms with Crippen molar-refractivity contribution in [3.63, 3.8) is 0 Å². The Morgan fingerprint density at radius 3 is 1.71 bits per heavy atom. The fourth-order valence-corrected chi connectivity index (χ4v) is 10.2. The first-order chi connectivity index (χ1) is 39.3. The number of likely N-dealkylation sites (tertiary alicyclic amines) is 2. The predicted octanol–water partition coefficient (Wildman–Crippen LogP) is 4.44. The van der Waals surface area contributed by atoms with Crippen molar-refractivity contribution in [2.45, 2.75) is 127 Å². The van der Waals surface area contributed by atoms with Gasteiger partial charge < -0.3 is 56.1 Å². The van der Waals surface area contributed by atoms with Gasteiger partial charge in [-0.25, -0.2) is 0 Å². The van der Waals surface area contributed by atoms with Gasteiger partial charge in [0.05, 0.1) is 31.3 Å². The first kappa shape index (κ1) is 63.9. The summed E-state index contributed by atoms with van der Waals surface area (Å²) < 4.78 is 53.2. The molecule has 0 radical (unpaired) electrons. The summed E-state index contributed by atoms with van der Waals surface area (Å²) in [7, 11) is 4.84. The van der Waals surface area contributed by atoms with Crippen LogP contribution in [-0.4, -0.2) is 177 Å². The SMILES string of the molecule is CN[C@@H](C)C(=O)N[C@@H](Cc1ccc(C#CCO[C@H](C)[C@H](NC(=O)[C@H](C)NC)C(=O)N2CCC[C@H]2CN(CCc2ccccc2)C(=O)[C@H](N)Cc2ccc(OC)cc2)cc1)C(=O)N1CCC[C@H]1CN(CCc1ccccc1)C(=O)C(F)(F)F. The number of carbonyl (C=O) groups is 6. The summed E-state index contributed by atoms with van der Waals surface area (Å²) in [6.45, 7) is 5.68. The van der Waals surface area contributed by atoms with Crippen LogP contribution in [0.5, 0.6) is 5.75 Å². The zero-order valence-electron chi connectivity index (χ0n) is 47.9. The normalized spacial score (nSPS) is 17.3. The van der Waals surface area contributed by atoms with Crippen LogP contribution in [0.25, 0.3) is 0 Å². The first-order valence-electron chi connectivity index (χ1n) is 28.2. The van der Waals surface area contributed by atoms with E-state index in [1.165, 1.54) is 4.90 Å². The molecule has 0 saturated carbocycles. The largest absolute Gasteiger partial charge is 0.497 e. The van der Waals surface area contributed by atoms with Crippen LogP contribution < -0.4 is 31.7 Å². The highest BCUT2D eigenvalue weighted by atomic mass is 19.4. The number of amides is 6. The highest BCUT2D eigenvalue weighted by Crippen LogP contribution is 2.26. The van der Waals surface area contributed by atoms with Crippen LogP contribution >= 0.6 is 0 Å². The smallest absolute Gasteiger partial charge is 0.471 e. The second-order valence-electron chi connectivity index (χ2n) is 21.1. The molecule has 2 aliphatic rings. The van der Waals surface area contributed by atoms with E-state index in [4.69, 9.17) is 15.2 Å². The number of halogens is 3. The Labute approximate surface area is 480 Å². The summed E-state index contributed by atoms with van der Waals surface area (Å²) in [6.07, 6.45) is -2.58. The number of hydrogen-bond donors (Lipinski definition) is 5. The maximum Gasteiger partial charge on any atom is 0.471 e. The van der Waals surface area contributed by atoms with Crippen molar-refractivity contribution in [3.05, 3.63) is 137 Å². The van der Waals surface area contributed by atoms with Gasteiger partial charge in [-0.3, -0.25) is 28.8 Å². The van der Waals surface area contributed by atoms with Gasteiger partial charge in [0.2, 0.25) is 29.5 Å². The topological polar surface area (TPSA) is 208 Å². The van der Waals surface area contributed by atoms with Crippen molar-refractivity contribution in [1.82, 2.24) is 40.9 Å². The van der Waals surface area contributed by atoms with Crippen LogP contribution in [0.4, 0.5) is 13.2 Å². The Hall–Kier alpha value is -7.31. The highest BCUT2D eigenvalue weighted by molar-refractivity contribution is 5.91. The van der Waals surface area contributed by atoms with Crippen molar-refractivity contribution < 1.29 is 51.4 Å². The number of alkyl halides is 3. The molecule has 2 saturated heterocycles. The van der Waals surface area contributed by atoms with Crippen LogP contribution in [0.3, 0.4) is 0 Å². The molecule has 0 aromatic heterocycles. The number of methoxy groups -OCH3 is 1. The average molecular weight is 1140 g/mol. The third-order valence-electron chi connectivity index (χ3n) is 15.3. The molecule has 82 heavy (non-hydrogen) atoms. The lowest BCUT2D eigenvalue weighted by molar-refractivity contribution is -0.186. The monoisotopic (exact) mass is 1140 g/mol. The Bertz CT molecular complexity index is 2780. The zero-order valence-corrected chi connectivity index (χ0v) is 47.9. The van der Waals surface area contributed by atoms with Crippen molar-refractivity contribution in [2.75, 3.05) is 67.1 Å². The van der Waals surface area contributed by atoms with E-state index in [1.54, 1.807) is 106 Å². The Kier molecular flexibility index (Phi) is 24.3. The maximum atomic E-state index is 14.7. The molecule has 4 aromatic carbocycles. The summed E-state index contributed by atoms with van der Waals surface area (Å²) in [6, 6.07) is 27.8. The molecule has 17 nitrogen and oxygen atoms in total. The van der Waals surface area contributed by atoms with Crippen molar-refractivity contribution in [1.29, 1.82) is 0 Å². The number of nitrogens with zero attached hydrogens (tertiary/aromatic N) is 4. The van der Waals surface area contributed by atoms with E-state index in [0.717, 1.165) is 21.6 Å². The lowest BCUT2D eigenvalue weighted by atomic mass is 10.0. The van der Waals surface area contributed by atoms with Crippen LogP contribution in [0.1, 0.15) is 74.3 Å². The second-order valence-corrected chi connectivity index (χ2v) is 21.1. The lowest BCUT2D eigenvalue weighted by Gasteiger charge is -2.35. The van der Waals surface area contributed by atoms with E-state index in [9.17, 15) is 41.9 Å². The van der Waals surface area contributed by atoms with Gasteiger partial charge in [0, 0.05) is 63.3 Å². The van der Waals surface area contributed by atoms with Crippen LogP contribution in [0.2, 0.25) is 0 Å². The van der Waals surface area contributed by atoms with Gasteiger partial charge >= 0.3 is 12.1 Å². The van der Waals surface area contributed by atoms with Crippen LogP contribution in [0, 0.1) is 11.8 Å². The maximum absolute atomic E-state index is 14.7. The van der Waals surface area contributed by atoms with Crippen LogP contribution in [-0.2, 0) is 59.2 Å². The minimum Gasteiger partial charge on any atom is -0.497 e. The van der Waals surface area contributed by atoms with Gasteiger partial charge in [-0.1, -0.05) is 96.8 Å². The van der Waals surface area contributed by atoms with Crippen molar-refractivity contribution in [3.8, 4) is 17.6 Å². The van der Waals surface area contributed by atoms with Crippen molar-refractivity contribution in [2.24, 2.45) is 5.73 Å². The number of rotatable bonds is 27. The van der Waals surface area contributed by atoms with Gasteiger partial charge in [-0.05, 0) is 126 Å². The molecule has 0 unspecified atom stereocenters. The van der Waals surface area contributed by atoms with E-state index in [-0.39, 0.29) is 63.5 Å². The summed E-state index contributed by atoms with van der Waals surface area (Å²) in [5, 5.41) is 11.5. The summed E-state index contributed by atoms with van der Waals surface area (Å²) in [4.78, 5) is 88.5. The average Bonchev–Trinajstić information content (AvgIpc) is 4.35. The van der Waals surface area contributed by atoms with Crippen LogP contribution in [0.15, 0.2) is 109 Å². The molecule has 6 amide bonds. The third kappa shape index (κ3) is 18.6. The van der Waals surface area contributed by atoms with Gasteiger partial charge in [-0.15, -0.1) is 0 Å². The molecule has 4 aromatic rings. The Morgan fingerprint density at radius 2 is 1.17 bits per heavy atom. The molecule has 0 spiro atoms. The van der Waals surface area contributed by atoms with Gasteiger partial charge in [0.25, 0.3) is 0 Å².